The van der Waals surface area contributed by atoms with Crippen LogP contribution in [0.4, 0.5) is 0 Å². The third-order valence-corrected chi connectivity index (χ3v) is 3.27. The van der Waals surface area contributed by atoms with Crippen LogP contribution in [0.1, 0.15) is 27.6 Å². The van der Waals surface area contributed by atoms with Crippen LogP contribution in [0.3, 0.4) is 0 Å². The summed E-state index contributed by atoms with van der Waals surface area (Å²) in [4.78, 5) is 24.2. The van der Waals surface area contributed by atoms with E-state index in [-0.39, 0.29) is 18.0 Å². The molecule has 0 saturated carbocycles. The van der Waals surface area contributed by atoms with Crippen molar-refractivity contribution in [3.8, 4) is 11.5 Å². The standard InChI is InChI=1S/C20H20O5/c1-3-12-24-18-11-10-16(13-19(18)23-4-2)20(22)25-14-17(21)15-8-6-5-7-9-15/h3,5-11,13H,1,4,12,14H2,2H3. The molecule has 0 fully saturated rings. The summed E-state index contributed by atoms with van der Waals surface area (Å²) in [6.45, 7) is 5.86. The second-order valence-corrected chi connectivity index (χ2v) is 5.06. The van der Waals surface area contributed by atoms with Crippen LogP contribution < -0.4 is 9.47 Å². The highest BCUT2D eigenvalue weighted by Gasteiger charge is 2.15. The highest BCUT2D eigenvalue weighted by Crippen LogP contribution is 2.28. The average molecular weight is 340 g/mol. The van der Waals surface area contributed by atoms with Gasteiger partial charge in [-0.2, -0.15) is 0 Å². The Morgan fingerprint density at radius 3 is 2.44 bits per heavy atom. The minimum absolute atomic E-state index is 0.259. The fourth-order valence-corrected chi connectivity index (χ4v) is 2.09. The van der Waals surface area contributed by atoms with Gasteiger partial charge in [0.25, 0.3) is 0 Å². The molecule has 0 atom stereocenters. The zero-order valence-corrected chi connectivity index (χ0v) is 14.1. The quantitative estimate of drug-likeness (QED) is 0.396. The zero-order chi connectivity index (χ0) is 18.1. The Balaban J connectivity index is 2.04. The van der Waals surface area contributed by atoms with Crippen LogP contribution in [0.2, 0.25) is 0 Å². The van der Waals surface area contributed by atoms with Gasteiger partial charge in [-0.25, -0.2) is 4.79 Å². The molecule has 130 valence electrons. The number of rotatable bonds is 9. The number of Topliss-reactive ketones (excluding diaryl/α,β-unsaturated/α-hetero) is 1. The van der Waals surface area contributed by atoms with Gasteiger partial charge < -0.3 is 14.2 Å². The number of esters is 1. The first-order chi connectivity index (χ1) is 12.2. The van der Waals surface area contributed by atoms with E-state index in [1.165, 1.54) is 6.07 Å². The third kappa shape index (κ3) is 5.21. The molecule has 0 unspecified atom stereocenters. The Labute approximate surface area is 146 Å². The van der Waals surface area contributed by atoms with E-state index < -0.39 is 5.97 Å². The molecule has 0 spiro atoms. The molecule has 2 aromatic carbocycles. The minimum atomic E-state index is -0.597. The normalized spacial score (nSPS) is 9.96. The molecular formula is C20H20O5. The van der Waals surface area contributed by atoms with Crippen molar-refractivity contribution < 1.29 is 23.8 Å². The van der Waals surface area contributed by atoms with Gasteiger partial charge in [-0.1, -0.05) is 43.0 Å². The number of hydrogen-bond donors (Lipinski definition) is 0. The molecule has 2 rings (SSSR count). The first kappa shape index (κ1) is 18.3. The lowest BCUT2D eigenvalue weighted by Gasteiger charge is -2.12. The van der Waals surface area contributed by atoms with Crippen LogP contribution in [0, 0.1) is 0 Å². The molecule has 0 aromatic heterocycles. The van der Waals surface area contributed by atoms with E-state index in [2.05, 4.69) is 6.58 Å². The molecule has 0 aliphatic carbocycles. The second kappa shape index (κ2) is 9.27. The lowest BCUT2D eigenvalue weighted by Crippen LogP contribution is -2.14. The van der Waals surface area contributed by atoms with Crippen molar-refractivity contribution in [2.24, 2.45) is 0 Å². The van der Waals surface area contributed by atoms with E-state index in [1.807, 2.05) is 13.0 Å². The zero-order valence-electron chi connectivity index (χ0n) is 14.1. The van der Waals surface area contributed by atoms with E-state index in [1.54, 1.807) is 42.5 Å². The highest BCUT2D eigenvalue weighted by molar-refractivity contribution is 5.99. The number of benzene rings is 2. The number of carbonyl (C=O) groups excluding carboxylic acids is 2. The maximum absolute atomic E-state index is 12.2. The second-order valence-electron chi connectivity index (χ2n) is 5.06. The summed E-state index contributed by atoms with van der Waals surface area (Å²) in [5.41, 5.74) is 0.786. The van der Waals surface area contributed by atoms with Gasteiger partial charge in [-0.05, 0) is 25.1 Å². The van der Waals surface area contributed by atoms with Crippen molar-refractivity contribution in [3.05, 3.63) is 72.3 Å². The summed E-state index contributed by atoms with van der Waals surface area (Å²) in [7, 11) is 0. The first-order valence-electron chi connectivity index (χ1n) is 7.91. The topological polar surface area (TPSA) is 61.8 Å². The molecule has 5 nitrogen and oxygen atoms in total. The molecule has 2 aromatic rings. The van der Waals surface area contributed by atoms with E-state index in [9.17, 15) is 9.59 Å². The van der Waals surface area contributed by atoms with Gasteiger partial charge in [0.15, 0.2) is 23.9 Å². The number of carbonyl (C=O) groups is 2. The fourth-order valence-electron chi connectivity index (χ4n) is 2.09. The SMILES string of the molecule is C=CCOc1ccc(C(=O)OCC(=O)c2ccccc2)cc1OCC. The van der Waals surface area contributed by atoms with Gasteiger partial charge in [-0.3, -0.25) is 4.79 Å². The summed E-state index contributed by atoms with van der Waals surface area (Å²) in [6.07, 6.45) is 1.62. The van der Waals surface area contributed by atoms with Crippen molar-refractivity contribution >= 4 is 11.8 Å². The molecule has 0 N–H and O–H groups in total. The number of ether oxygens (including phenoxy) is 3. The van der Waals surface area contributed by atoms with Gasteiger partial charge >= 0.3 is 5.97 Å². The van der Waals surface area contributed by atoms with Crippen LogP contribution >= 0.6 is 0 Å². The Hall–Kier alpha value is -3.08. The molecular weight excluding hydrogens is 320 g/mol. The van der Waals surface area contributed by atoms with Crippen molar-refractivity contribution in [3.63, 3.8) is 0 Å². The summed E-state index contributed by atoms with van der Waals surface area (Å²) >= 11 is 0. The maximum atomic E-state index is 12.2. The van der Waals surface area contributed by atoms with Crippen LogP contribution in [-0.2, 0) is 4.74 Å². The molecule has 25 heavy (non-hydrogen) atoms. The van der Waals surface area contributed by atoms with E-state index in [4.69, 9.17) is 14.2 Å². The van der Waals surface area contributed by atoms with Gasteiger partial charge in [0.2, 0.25) is 0 Å². The maximum Gasteiger partial charge on any atom is 0.338 e. The Bertz CT molecular complexity index is 737. The van der Waals surface area contributed by atoms with Gasteiger partial charge in [0, 0.05) is 5.56 Å². The summed E-state index contributed by atoms with van der Waals surface area (Å²) in [6, 6.07) is 13.4. The average Bonchev–Trinajstić information content (AvgIpc) is 2.65. The van der Waals surface area contributed by atoms with E-state index >= 15 is 0 Å². The molecule has 0 amide bonds. The van der Waals surface area contributed by atoms with Gasteiger partial charge in [0.05, 0.1) is 12.2 Å². The summed E-state index contributed by atoms with van der Waals surface area (Å²) < 4.78 is 16.1. The molecule has 0 radical (unpaired) electrons. The summed E-state index contributed by atoms with van der Waals surface area (Å²) in [5.74, 6) is 0.0947. The molecule has 5 heteroatoms. The molecule has 0 aliphatic rings. The van der Waals surface area contributed by atoms with Gasteiger partial charge in [-0.15, -0.1) is 0 Å². The smallest absolute Gasteiger partial charge is 0.338 e. The van der Waals surface area contributed by atoms with Crippen molar-refractivity contribution in [2.45, 2.75) is 6.92 Å². The number of ketones is 1. The van der Waals surface area contributed by atoms with Crippen molar-refractivity contribution in [2.75, 3.05) is 19.8 Å². The van der Waals surface area contributed by atoms with Crippen LogP contribution in [-0.4, -0.2) is 31.6 Å². The van der Waals surface area contributed by atoms with Crippen LogP contribution in [0.25, 0.3) is 0 Å². The predicted octanol–water partition coefficient (Wildman–Crippen LogP) is 3.69. The summed E-state index contributed by atoms with van der Waals surface area (Å²) in [5, 5.41) is 0. The van der Waals surface area contributed by atoms with Gasteiger partial charge in [0.1, 0.15) is 6.61 Å². The Kier molecular flexibility index (Phi) is 6.77. The molecule has 0 saturated heterocycles. The highest BCUT2D eigenvalue weighted by atomic mass is 16.5. The van der Waals surface area contributed by atoms with E-state index in [0.717, 1.165) is 0 Å². The first-order valence-corrected chi connectivity index (χ1v) is 7.91. The van der Waals surface area contributed by atoms with E-state index in [0.29, 0.717) is 30.3 Å². The van der Waals surface area contributed by atoms with Crippen LogP contribution in [0.5, 0.6) is 11.5 Å². The molecule has 0 bridgehead atoms. The molecule has 0 heterocycles. The lowest BCUT2D eigenvalue weighted by molar-refractivity contribution is 0.0474. The lowest BCUT2D eigenvalue weighted by atomic mass is 10.1. The predicted molar refractivity (Wildman–Crippen MR) is 94.4 cm³/mol. The minimum Gasteiger partial charge on any atom is -0.490 e. The largest absolute Gasteiger partial charge is 0.490 e. The number of hydrogen-bond acceptors (Lipinski definition) is 5. The molecule has 0 aliphatic heterocycles. The monoisotopic (exact) mass is 340 g/mol. The third-order valence-electron chi connectivity index (χ3n) is 3.27. The fraction of sp³-hybridized carbons (Fsp3) is 0.200. The Morgan fingerprint density at radius 2 is 1.76 bits per heavy atom. The van der Waals surface area contributed by atoms with Crippen molar-refractivity contribution in [1.82, 2.24) is 0 Å². The Morgan fingerprint density at radius 1 is 1.00 bits per heavy atom. The van der Waals surface area contributed by atoms with Crippen molar-refractivity contribution in [1.29, 1.82) is 0 Å². The van der Waals surface area contributed by atoms with Crippen LogP contribution in [0.15, 0.2) is 61.2 Å².